The summed E-state index contributed by atoms with van der Waals surface area (Å²) < 4.78 is 18.8. The Labute approximate surface area is 187 Å². The summed E-state index contributed by atoms with van der Waals surface area (Å²) in [6.07, 6.45) is 0. The van der Waals surface area contributed by atoms with Crippen LogP contribution in [-0.4, -0.2) is 60.1 Å². The Balaban J connectivity index is 1.29. The number of ether oxygens (including phenoxy) is 1. The van der Waals surface area contributed by atoms with Crippen LogP contribution in [-0.2, 0) is 17.8 Å². The molecule has 0 saturated carbocycles. The van der Waals surface area contributed by atoms with Crippen molar-refractivity contribution in [3.05, 3.63) is 65.0 Å². The van der Waals surface area contributed by atoms with Crippen molar-refractivity contribution in [2.24, 2.45) is 0 Å². The second kappa shape index (κ2) is 9.26. The van der Waals surface area contributed by atoms with Crippen molar-refractivity contribution < 1.29 is 18.7 Å². The summed E-state index contributed by atoms with van der Waals surface area (Å²) in [4.78, 5) is 29.1. The summed E-state index contributed by atoms with van der Waals surface area (Å²) in [5.41, 5.74) is 2.75. The highest BCUT2D eigenvalue weighted by molar-refractivity contribution is 5.95. The number of carbonyl (C=O) groups excluding carboxylic acids is 2. The number of hydrogen-bond acceptors (Lipinski definition) is 4. The molecule has 0 unspecified atom stereocenters. The molecule has 2 N–H and O–H groups in total. The third kappa shape index (κ3) is 5.08. The number of anilines is 1. The summed E-state index contributed by atoms with van der Waals surface area (Å²) in [5.74, 6) is -0.450. The first kappa shape index (κ1) is 22.2. The van der Waals surface area contributed by atoms with Crippen LogP contribution in [0.4, 0.5) is 14.9 Å². The quantitative estimate of drug-likeness (QED) is 0.749. The fraction of sp³-hybridized carbons (Fsp3) is 0.417. The molecule has 2 aliphatic heterocycles. The zero-order chi connectivity index (χ0) is 22.7. The maximum atomic E-state index is 13.4. The number of amides is 3. The summed E-state index contributed by atoms with van der Waals surface area (Å²) in [5, 5.41) is 5.85. The molecule has 0 radical (unpaired) electrons. The second-order valence-electron chi connectivity index (χ2n) is 8.87. The molecule has 1 saturated heterocycles. The van der Waals surface area contributed by atoms with Crippen LogP contribution in [0.3, 0.4) is 0 Å². The number of halogens is 1. The highest BCUT2D eigenvalue weighted by atomic mass is 19.1. The van der Waals surface area contributed by atoms with Crippen LogP contribution in [0.2, 0.25) is 0 Å². The van der Waals surface area contributed by atoms with Crippen LogP contribution in [0.1, 0.15) is 35.3 Å². The van der Waals surface area contributed by atoms with Gasteiger partial charge < -0.3 is 20.3 Å². The molecule has 0 bridgehead atoms. The van der Waals surface area contributed by atoms with Gasteiger partial charge in [0.2, 0.25) is 0 Å². The molecule has 3 amide bonds. The Morgan fingerprint density at radius 1 is 1.03 bits per heavy atom. The van der Waals surface area contributed by atoms with Gasteiger partial charge in [-0.1, -0.05) is 6.07 Å². The predicted octanol–water partition coefficient (Wildman–Crippen LogP) is 3.21. The van der Waals surface area contributed by atoms with Crippen molar-refractivity contribution in [3.63, 3.8) is 0 Å². The molecule has 2 aliphatic rings. The SMILES string of the molecule is CC(C)(CNC(=O)c1ccc(NC(=O)N2Cc3ccc(F)cc3C2)cc1)N1CCOCC1. The molecule has 0 spiro atoms. The average Bonchev–Trinajstić information content (AvgIpc) is 3.22. The van der Waals surface area contributed by atoms with E-state index in [-0.39, 0.29) is 23.3 Å². The molecule has 2 heterocycles. The molecule has 32 heavy (non-hydrogen) atoms. The first-order chi connectivity index (χ1) is 15.3. The molecule has 0 aromatic heterocycles. The molecule has 0 aliphatic carbocycles. The van der Waals surface area contributed by atoms with Gasteiger partial charge in [0.15, 0.2) is 0 Å². The molecule has 1 fully saturated rings. The summed E-state index contributed by atoms with van der Waals surface area (Å²) in [7, 11) is 0. The molecule has 0 atom stereocenters. The van der Waals surface area contributed by atoms with Gasteiger partial charge in [-0.2, -0.15) is 0 Å². The van der Waals surface area contributed by atoms with Crippen molar-refractivity contribution in [1.29, 1.82) is 0 Å². The van der Waals surface area contributed by atoms with Crippen LogP contribution < -0.4 is 10.6 Å². The molecule has 7 nitrogen and oxygen atoms in total. The van der Waals surface area contributed by atoms with Gasteiger partial charge in [0, 0.05) is 49.5 Å². The fourth-order valence-corrected chi connectivity index (χ4v) is 4.09. The topological polar surface area (TPSA) is 73.9 Å². The smallest absolute Gasteiger partial charge is 0.322 e. The van der Waals surface area contributed by atoms with Crippen LogP contribution in [0.15, 0.2) is 42.5 Å². The van der Waals surface area contributed by atoms with Gasteiger partial charge in [0.05, 0.1) is 13.2 Å². The standard InChI is InChI=1S/C24H29FN4O3/c1-24(2,29-9-11-32-12-10-29)16-26-22(30)17-4-7-21(8-5-17)27-23(31)28-14-18-3-6-20(25)13-19(18)15-28/h3-8,13H,9-12,14-16H2,1-2H3,(H,26,30)(H,27,31). The number of nitrogens with zero attached hydrogens (tertiary/aromatic N) is 2. The van der Waals surface area contributed by atoms with E-state index in [4.69, 9.17) is 4.74 Å². The minimum absolute atomic E-state index is 0.152. The van der Waals surface area contributed by atoms with E-state index in [9.17, 15) is 14.0 Å². The number of urea groups is 1. The number of fused-ring (bicyclic) bond motifs is 1. The summed E-state index contributed by atoms with van der Waals surface area (Å²) in [6.45, 7) is 8.71. The molecular formula is C24H29FN4O3. The number of hydrogen-bond donors (Lipinski definition) is 2. The van der Waals surface area contributed by atoms with Gasteiger partial charge in [0.1, 0.15) is 5.82 Å². The Kier molecular flexibility index (Phi) is 6.43. The number of nitrogens with one attached hydrogen (secondary N) is 2. The monoisotopic (exact) mass is 440 g/mol. The normalized spacial score (nSPS) is 16.5. The Bertz CT molecular complexity index is 987. The van der Waals surface area contributed by atoms with E-state index in [1.54, 1.807) is 35.2 Å². The predicted molar refractivity (Wildman–Crippen MR) is 120 cm³/mol. The minimum atomic E-state index is -0.298. The lowest BCUT2D eigenvalue weighted by atomic mass is 10.0. The van der Waals surface area contributed by atoms with Crippen molar-refractivity contribution >= 4 is 17.6 Å². The third-order valence-electron chi connectivity index (χ3n) is 6.12. The van der Waals surface area contributed by atoms with Crippen LogP contribution in [0.5, 0.6) is 0 Å². The number of carbonyl (C=O) groups is 2. The zero-order valence-corrected chi connectivity index (χ0v) is 18.5. The lowest BCUT2D eigenvalue weighted by Gasteiger charge is -2.40. The maximum absolute atomic E-state index is 13.4. The van der Waals surface area contributed by atoms with Crippen molar-refractivity contribution in [3.8, 4) is 0 Å². The van der Waals surface area contributed by atoms with Crippen LogP contribution in [0.25, 0.3) is 0 Å². The average molecular weight is 441 g/mol. The Hall–Kier alpha value is -2.97. The van der Waals surface area contributed by atoms with Gasteiger partial charge in [-0.25, -0.2) is 9.18 Å². The third-order valence-corrected chi connectivity index (χ3v) is 6.12. The second-order valence-corrected chi connectivity index (χ2v) is 8.87. The van der Waals surface area contributed by atoms with E-state index in [0.29, 0.717) is 44.1 Å². The summed E-state index contributed by atoms with van der Waals surface area (Å²) >= 11 is 0. The lowest BCUT2D eigenvalue weighted by molar-refractivity contribution is -0.00923. The highest BCUT2D eigenvalue weighted by Crippen LogP contribution is 2.24. The molecule has 2 aromatic rings. The van der Waals surface area contributed by atoms with Crippen LogP contribution >= 0.6 is 0 Å². The lowest BCUT2D eigenvalue weighted by Crippen LogP contribution is -2.55. The van der Waals surface area contributed by atoms with Gasteiger partial charge in [-0.15, -0.1) is 0 Å². The highest BCUT2D eigenvalue weighted by Gasteiger charge is 2.29. The van der Waals surface area contributed by atoms with Gasteiger partial charge in [-0.05, 0) is 61.4 Å². The number of benzene rings is 2. The van der Waals surface area contributed by atoms with E-state index in [1.807, 2.05) is 0 Å². The Morgan fingerprint density at radius 2 is 1.72 bits per heavy atom. The number of morpholine rings is 1. The number of rotatable bonds is 5. The van der Waals surface area contributed by atoms with E-state index in [0.717, 1.165) is 24.2 Å². The minimum Gasteiger partial charge on any atom is -0.379 e. The molecular weight excluding hydrogens is 411 g/mol. The maximum Gasteiger partial charge on any atom is 0.322 e. The van der Waals surface area contributed by atoms with Crippen molar-refractivity contribution in [2.45, 2.75) is 32.5 Å². The van der Waals surface area contributed by atoms with Crippen molar-refractivity contribution in [2.75, 3.05) is 38.2 Å². The van der Waals surface area contributed by atoms with E-state index in [1.165, 1.54) is 12.1 Å². The van der Waals surface area contributed by atoms with E-state index >= 15 is 0 Å². The van der Waals surface area contributed by atoms with E-state index < -0.39 is 0 Å². The zero-order valence-electron chi connectivity index (χ0n) is 18.5. The Morgan fingerprint density at radius 3 is 2.44 bits per heavy atom. The fourth-order valence-electron chi connectivity index (χ4n) is 4.09. The first-order valence-electron chi connectivity index (χ1n) is 10.9. The van der Waals surface area contributed by atoms with Gasteiger partial charge in [0.25, 0.3) is 5.91 Å². The first-order valence-corrected chi connectivity index (χ1v) is 10.9. The van der Waals surface area contributed by atoms with Crippen LogP contribution in [0, 0.1) is 5.82 Å². The molecule has 2 aromatic carbocycles. The van der Waals surface area contributed by atoms with E-state index in [2.05, 4.69) is 29.4 Å². The summed E-state index contributed by atoms with van der Waals surface area (Å²) in [6, 6.07) is 11.1. The molecule has 8 heteroatoms. The molecule has 4 rings (SSSR count). The van der Waals surface area contributed by atoms with Gasteiger partial charge >= 0.3 is 6.03 Å². The van der Waals surface area contributed by atoms with Gasteiger partial charge in [-0.3, -0.25) is 9.69 Å². The van der Waals surface area contributed by atoms with Crippen molar-refractivity contribution in [1.82, 2.24) is 15.1 Å². The molecule has 170 valence electrons. The largest absolute Gasteiger partial charge is 0.379 e.